The van der Waals surface area contributed by atoms with Crippen molar-refractivity contribution in [2.24, 2.45) is 0 Å². The Morgan fingerprint density at radius 1 is 1.38 bits per heavy atom. The van der Waals surface area contributed by atoms with E-state index in [1.165, 1.54) is 24.0 Å². The first-order valence-corrected chi connectivity index (χ1v) is 5.80. The topological polar surface area (TPSA) is 41.1 Å². The predicted molar refractivity (Wildman–Crippen MR) is 64.2 cm³/mol. The lowest BCUT2D eigenvalue weighted by molar-refractivity contribution is -0.119. The Kier molecular flexibility index (Phi) is 3.57. The Morgan fingerprint density at radius 3 is 2.81 bits per heavy atom. The van der Waals surface area contributed by atoms with E-state index in [4.69, 9.17) is 0 Å². The molecular weight excluding hydrogens is 200 g/mol. The van der Waals surface area contributed by atoms with Crippen LogP contribution in [0.4, 0.5) is 0 Å². The van der Waals surface area contributed by atoms with E-state index in [0.29, 0.717) is 6.54 Å². The summed E-state index contributed by atoms with van der Waals surface area (Å²) in [5.74, 6) is 0.793. The second kappa shape index (κ2) is 5.12. The third-order valence-electron chi connectivity index (χ3n) is 2.95. The molecule has 1 aliphatic carbocycles. The minimum absolute atomic E-state index is 0.0314. The van der Waals surface area contributed by atoms with Crippen molar-refractivity contribution < 1.29 is 4.79 Å². The number of hydrogen-bond donors (Lipinski definition) is 2. The van der Waals surface area contributed by atoms with Gasteiger partial charge in [0.25, 0.3) is 0 Å². The quantitative estimate of drug-likeness (QED) is 0.784. The van der Waals surface area contributed by atoms with Crippen LogP contribution in [0.1, 0.15) is 29.9 Å². The second-order valence-corrected chi connectivity index (χ2v) is 4.25. The molecule has 86 valence electrons. The van der Waals surface area contributed by atoms with E-state index in [9.17, 15) is 4.79 Å². The van der Waals surface area contributed by atoms with Gasteiger partial charge in [0.2, 0.25) is 5.91 Å². The van der Waals surface area contributed by atoms with Crippen molar-refractivity contribution in [3.8, 4) is 0 Å². The summed E-state index contributed by atoms with van der Waals surface area (Å²) in [4.78, 5) is 11.1. The fourth-order valence-electron chi connectivity index (χ4n) is 1.89. The molecule has 0 atom stereocenters. The number of hydrogen-bond acceptors (Lipinski definition) is 2. The van der Waals surface area contributed by atoms with Crippen LogP contribution in [-0.2, 0) is 11.3 Å². The van der Waals surface area contributed by atoms with Gasteiger partial charge in [0.1, 0.15) is 0 Å². The van der Waals surface area contributed by atoms with Crippen molar-refractivity contribution in [2.75, 3.05) is 13.6 Å². The lowest BCUT2D eigenvalue weighted by Gasteiger charge is -2.09. The number of likely N-dealkylation sites (N-methyl/N-ethyl adjacent to an activating group) is 1. The molecule has 2 rings (SSSR count). The van der Waals surface area contributed by atoms with Crippen LogP contribution in [0.15, 0.2) is 24.3 Å². The highest BCUT2D eigenvalue weighted by atomic mass is 16.1. The first-order valence-electron chi connectivity index (χ1n) is 5.80. The van der Waals surface area contributed by atoms with E-state index in [0.717, 1.165) is 12.5 Å². The van der Waals surface area contributed by atoms with Gasteiger partial charge in [-0.25, -0.2) is 0 Å². The molecule has 1 aliphatic rings. The van der Waals surface area contributed by atoms with Crippen LogP contribution in [0.3, 0.4) is 0 Å². The number of rotatable bonds is 5. The van der Waals surface area contributed by atoms with E-state index in [2.05, 4.69) is 34.9 Å². The van der Waals surface area contributed by atoms with E-state index in [-0.39, 0.29) is 5.91 Å². The monoisotopic (exact) mass is 218 g/mol. The molecule has 1 saturated carbocycles. The van der Waals surface area contributed by atoms with Gasteiger partial charge in [-0.15, -0.1) is 0 Å². The maximum atomic E-state index is 11.1. The van der Waals surface area contributed by atoms with Crippen molar-refractivity contribution in [2.45, 2.75) is 25.3 Å². The Hall–Kier alpha value is -1.35. The van der Waals surface area contributed by atoms with Gasteiger partial charge >= 0.3 is 0 Å². The lowest BCUT2D eigenvalue weighted by atomic mass is 10.0. The molecule has 3 heteroatoms. The van der Waals surface area contributed by atoms with Crippen molar-refractivity contribution in [3.05, 3.63) is 35.4 Å². The number of nitrogens with one attached hydrogen (secondary N) is 2. The van der Waals surface area contributed by atoms with Gasteiger partial charge in [-0.3, -0.25) is 4.79 Å². The maximum absolute atomic E-state index is 11.1. The van der Waals surface area contributed by atoms with Gasteiger partial charge in [-0.1, -0.05) is 24.3 Å². The number of benzene rings is 1. The van der Waals surface area contributed by atoms with Crippen LogP contribution in [0.5, 0.6) is 0 Å². The zero-order chi connectivity index (χ0) is 11.4. The Bertz CT molecular complexity index is 372. The first kappa shape index (κ1) is 11.1. The summed E-state index contributed by atoms with van der Waals surface area (Å²) in [6, 6.07) is 8.50. The van der Waals surface area contributed by atoms with E-state index >= 15 is 0 Å². The van der Waals surface area contributed by atoms with Crippen molar-refractivity contribution in [3.63, 3.8) is 0 Å². The number of carbonyl (C=O) groups excluding carboxylic acids is 1. The maximum Gasteiger partial charge on any atom is 0.233 e. The Labute approximate surface area is 96.2 Å². The molecular formula is C13H18N2O. The molecule has 0 heterocycles. The highest BCUT2D eigenvalue weighted by Gasteiger charge is 2.25. The summed E-state index contributed by atoms with van der Waals surface area (Å²) in [6.07, 6.45) is 2.62. The average Bonchev–Trinajstić information content (AvgIpc) is 3.13. The molecule has 0 aliphatic heterocycles. The van der Waals surface area contributed by atoms with Crippen LogP contribution in [-0.4, -0.2) is 19.5 Å². The van der Waals surface area contributed by atoms with Gasteiger partial charge in [0, 0.05) is 13.6 Å². The molecule has 1 aromatic carbocycles. The molecule has 0 aromatic heterocycles. The molecule has 0 radical (unpaired) electrons. The minimum atomic E-state index is 0.0314. The molecule has 2 N–H and O–H groups in total. The molecule has 1 aromatic rings. The molecule has 1 amide bonds. The smallest absolute Gasteiger partial charge is 0.233 e. The van der Waals surface area contributed by atoms with Crippen molar-refractivity contribution >= 4 is 5.91 Å². The Balaban J connectivity index is 1.90. The zero-order valence-electron chi connectivity index (χ0n) is 9.62. The molecule has 3 nitrogen and oxygen atoms in total. The normalized spacial score (nSPS) is 14.8. The van der Waals surface area contributed by atoms with Crippen LogP contribution in [0, 0.1) is 0 Å². The van der Waals surface area contributed by atoms with Crippen LogP contribution in [0.2, 0.25) is 0 Å². The van der Waals surface area contributed by atoms with Gasteiger partial charge < -0.3 is 10.6 Å². The third-order valence-corrected chi connectivity index (χ3v) is 2.95. The predicted octanol–water partition coefficient (Wildman–Crippen LogP) is 1.40. The van der Waals surface area contributed by atoms with Gasteiger partial charge in [0.15, 0.2) is 0 Å². The van der Waals surface area contributed by atoms with Crippen molar-refractivity contribution in [1.29, 1.82) is 0 Å². The van der Waals surface area contributed by atoms with Crippen LogP contribution >= 0.6 is 0 Å². The minimum Gasteiger partial charge on any atom is -0.358 e. The van der Waals surface area contributed by atoms with E-state index in [1.807, 2.05) is 0 Å². The highest BCUT2D eigenvalue weighted by molar-refractivity contribution is 5.77. The third kappa shape index (κ3) is 2.83. The SMILES string of the molecule is CNC(=O)CNCc1ccccc1C1CC1. The average molecular weight is 218 g/mol. The van der Waals surface area contributed by atoms with Crippen molar-refractivity contribution in [1.82, 2.24) is 10.6 Å². The summed E-state index contributed by atoms with van der Waals surface area (Å²) in [7, 11) is 1.65. The summed E-state index contributed by atoms with van der Waals surface area (Å²) >= 11 is 0. The van der Waals surface area contributed by atoms with Gasteiger partial charge in [-0.2, -0.15) is 0 Å². The molecule has 0 spiro atoms. The first-order chi connectivity index (χ1) is 7.81. The molecule has 0 unspecified atom stereocenters. The summed E-state index contributed by atoms with van der Waals surface area (Å²) in [6.45, 7) is 1.16. The second-order valence-electron chi connectivity index (χ2n) is 4.25. The molecule has 0 saturated heterocycles. The number of carbonyl (C=O) groups is 1. The number of amides is 1. The van der Waals surface area contributed by atoms with Gasteiger partial charge in [0.05, 0.1) is 6.54 Å². The largest absolute Gasteiger partial charge is 0.358 e. The summed E-state index contributed by atoms with van der Waals surface area (Å²) in [5.41, 5.74) is 2.78. The standard InChI is InChI=1S/C13H18N2O/c1-14-13(16)9-15-8-11-4-2-3-5-12(11)10-6-7-10/h2-5,10,15H,6-9H2,1H3,(H,14,16). The Morgan fingerprint density at radius 2 is 2.12 bits per heavy atom. The van der Waals surface area contributed by atoms with Crippen LogP contribution in [0.25, 0.3) is 0 Å². The lowest BCUT2D eigenvalue weighted by Crippen LogP contribution is -2.31. The summed E-state index contributed by atoms with van der Waals surface area (Å²) < 4.78 is 0. The van der Waals surface area contributed by atoms with Gasteiger partial charge in [-0.05, 0) is 29.9 Å². The fourth-order valence-corrected chi connectivity index (χ4v) is 1.89. The highest BCUT2D eigenvalue weighted by Crippen LogP contribution is 2.41. The molecule has 0 bridgehead atoms. The fraction of sp³-hybridized carbons (Fsp3) is 0.462. The molecule has 16 heavy (non-hydrogen) atoms. The van der Waals surface area contributed by atoms with Crippen LogP contribution < -0.4 is 10.6 Å². The van der Waals surface area contributed by atoms with E-state index < -0.39 is 0 Å². The molecule has 1 fully saturated rings. The summed E-state index contributed by atoms with van der Waals surface area (Å²) in [5, 5.41) is 5.76. The zero-order valence-corrected chi connectivity index (χ0v) is 9.62. The van der Waals surface area contributed by atoms with E-state index in [1.54, 1.807) is 7.05 Å².